The Kier molecular flexibility index (Phi) is 3.59. The van der Waals surface area contributed by atoms with Crippen LogP contribution in [0.1, 0.15) is 48.2 Å². The fraction of sp³-hybridized carbons (Fsp3) is 0.692. The van der Waals surface area contributed by atoms with Gasteiger partial charge < -0.3 is 16.4 Å². The lowest BCUT2D eigenvalue weighted by Crippen LogP contribution is -2.28. The number of nitrogens with two attached hydrogens (primary N) is 1. The van der Waals surface area contributed by atoms with E-state index in [2.05, 4.69) is 15.6 Å². The Balaban J connectivity index is 1.56. The maximum Gasteiger partial charge on any atom is 0.265 e. The number of carbonyl (C=O) groups excluding carboxylic acids is 1. The largest absolute Gasteiger partial charge is 0.382 e. The van der Waals surface area contributed by atoms with E-state index < -0.39 is 0 Å². The maximum absolute atomic E-state index is 12.1. The molecule has 0 aliphatic heterocycles. The Labute approximate surface area is 117 Å². The number of anilines is 2. The number of nitrogens with zero attached hydrogens (tertiary/aromatic N) is 1. The van der Waals surface area contributed by atoms with Crippen LogP contribution in [0.2, 0.25) is 0 Å². The standard InChI is InChI=1S/C13H20N4OS/c14-11-10(19-13(17-11)16-9-5-6-9)12(18)15-7-8-3-1-2-4-8/h8-9H,1-7,14H2,(H,15,18)(H,16,17). The van der Waals surface area contributed by atoms with Crippen molar-refractivity contribution in [3.63, 3.8) is 0 Å². The van der Waals surface area contributed by atoms with Gasteiger partial charge in [-0.3, -0.25) is 4.79 Å². The van der Waals surface area contributed by atoms with E-state index in [9.17, 15) is 4.79 Å². The van der Waals surface area contributed by atoms with Crippen molar-refractivity contribution in [2.75, 3.05) is 17.6 Å². The second-order valence-corrected chi connectivity index (χ2v) is 6.51. The van der Waals surface area contributed by atoms with Gasteiger partial charge in [-0.15, -0.1) is 0 Å². The summed E-state index contributed by atoms with van der Waals surface area (Å²) in [5.74, 6) is 0.907. The number of nitrogen functional groups attached to an aromatic ring is 1. The van der Waals surface area contributed by atoms with Gasteiger partial charge in [0.2, 0.25) is 0 Å². The molecule has 0 aromatic carbocycles. The van der Waals surface area contributed by atoms with Crippen LogP contribution in [0, 0.1) is 5.92 Å². The van der Waals surface area contributed by atoms with Gasteiger partial charge in [-0.2, -0.15) is 0 Å². The Morgan fingerprint density at radius 2 is 2.05 bits per heavy atom. The molecule has 0 unspecified atom stereocenters. The average Bonchev–Trinajstić information content (AvgIpc) is 2.90. The molecule has 1 aromatic heterocycles. The third-order valence-electron chi connectivity index (χ3n) is 3.79. The minimum absolute atomic E-state index is 0.0780. The predicted octanol–water partition coefficient (Wildman–Crippen LogP) is 2.22. The molecule has 3 rings (SSSR count). The fourth-order valence-electron chi connectivity index (χ4n) is 2.49. The van der Waals surface area contributed by atoms with E-state index in [1.807, 2.05) is 0 Å². The van der Waals surface area contributed by atoms with Crippen molar-refractivity contribution in [2.24, 2.45) is 5.92 Å². The molecule has 1 aromatic rings. The summed E-state index contributed by atoms with van der Waals surface area (Å²) in [6.07, 6.45) is 7.41. The van der Waals surface area contributed by atoms with Crippen molar-refractivity contribution < 1.29 is 4.79 Å². The zero-order valence-electron chi connectivity index (χ0n) is 10.9. The molecule has 104 valence electrons. The molecule has 4 N–H and O–H groups in total. The minimum atomic E-state index is -0.0780. The Morgan fingerprint density at radius 1 is 1.32 bits per heavy atom. The van der Waals surface area contributed by atoms with Crippen LogP contribution >= 0.6 is 11.3 Å². The first-order valence-electron chi connectivity index (χ1n) is 7.03. The van der Waals surface area contributed by atoms with Crippen molar-refractivity contribution in [3.05, 3.63) is 4.88 Å². The molecular formula is C13H20N4OS. The van der Waals surface area contributed by atoms with Crippen molar-refractivity contribution in [1.29, 1.82) is 0 Å². The third-order valence-corrected chi connectivity index (χ3v) is 4.79. The predicted molar refractivity (Wildman–Crippen MR) is 77.5 cm³/mol. The molecule has 2 aliphatic rings. The Hall–Kier alpha value is -1.30. The molecule has 0 spiro atoms. The number of carbonyl (C=O) groups is 1. The van der Waals surface area contributed by atoms with E-state index in [1.54, 1.807) is 0 Å². The molecule has 0 atom stereocenters. The van der Waals surface area contributed by atoms with Gasteiger partial charge in [-0.25, -0.2) is 4.98 Å². The van der Waals surface area contributed by atoms with E-state index in [1.165, 1.54) is 49.9 Å². The molecule has 2 saturated carbocycles. The molecule has 0 radical (unpaired) electrons. The number of hydrogen-bond donors (Lipinski definition) is 3. The van der Waals surface area contributed by atoms with Crippen molar-refractivity contribution in [2.45, 2.75) is 44.6 Å². The molecule has 5 nitrogen and oxygen atoms in total. The van der Waals surface area contributed by atoms with Gasteiger partial charge in [0.05, 0.1) is 0 Å². The summed E-state index contributed by atoms with van der Waals surface area (Å²) < 4.78 is 0. The lowest BCUT2D eigenvalue weighted by molar-refractivity contribution is 0.0952. The number of thiazole rings is 1. The van der Waals surface area contributed by atoms with Gasteiger partial charge in [0.15, 0.2) is 5.13 Å². The minimum Gasteiger partial charge on any atom is -0.382 e. The summed E-state index contributed by atoms with van der Waals surface area (Å²) in [5, 5.41) is 7.03. The lowest BCUT2D eigenvalue weighted by Gasteiger charge is -2.09. The van der Waals surface area contributed by atoms with Crippen LogP contribution in [0.3, 0.4) is 0 Å². The van der Waals surface area contributed by atoms with Gasteiger partial charge in [0.1, 0.15) is 10.7 Å². The highest BCUT2D eigenvalue weighted by molar-refractivity contribution is 7.18. The Morgan fingerprint density at radius 3 is 2.74 bits per heavy atom. The number of nitrogens with one attached hydrogen (secondary N) is 2. The summed E-state index contributed by atoms with van der Waals surface area (Å²) in [4.78, 5) is 16.8. The SMILES string of the molecule is Nc1nc(NC2CC2)sc1C(=O)NCC1CCCC1. The maximum atomic E-state index is 12.1. The van der Waals surface area contributed by atoms with Crippen molar-refractivity contribution >= 4 is 28.2 Å². The van der Waals surface area contributed by atoms with Crippen LogP contribution < -0.4 is 16.4 Å². The molecule has 2 fully saturated rings. The van der Waals surface area contributed by atoms with E-state index >= 15 is 0 Å². The van der Waals surface area contributed by atoms with Crippen LogP contribution in [0.4, 0.5) is 10.9 Å². The number of aromatic nitrogens is 1. The average molecular weight is 280 g/mol. The molecular weight excluding hydrogens is 260 g/mol. The summed E-state index contributed by atoms with van der Waals surface area (Å²) in [6.45, 7) is 0.765. The first-order chi connectivity index (χ1) is 9.22. The van der Waals surface area contributed by atoms with E-state index in [0.29, 0.717) is 22.7 Å². The monoisotopic (exact) mass is 280 g/mol. The van der Waals surface area contributed by atoms with Gasteiger partial charge in [0.25, 0.3) is 5.91 Å². The zero-order chi connectivity index (χ0) is 13.2. The highest BCUT2D eigenvalue weighted by Crippen LogP contribution is 2.30. The smallest absolute Gasteiger partial charge is 0.265 e. The van der Waals surface area contributed by atoms with Gasteiger partial charge in [0, 0.05) is 12.6 Å². The number of amides is 1. The molecule has 2 aliphatic carbocycles. The fourth-order valence-corrected chi connectivity index (χ4v) is 3.37. The topological polar surface area (TPSA) is 80.0 Å². The first-order valence-corrected chi connectivity index (χ1v) is 7.85. The number of hydrogen-bond acceptors (Lipinski definition) is 5. The Bertz CT molecular complexity index is 463. The first kappa shape index (κ1) is 12.7. The van der Waals surface area contributed by atoms with Crippen molar-refractivity contribution in [3.8, 4) is 0 Å². The molecule has 1 heterocycles. The zero-order valence-corrected chi connectivity index (χ0v) is 11.8. The van der Waals surface area contributed by atoms with E-state index in [0.717, 1.165) is 11.7 Å². The molecule has 0 saturated heterocycles. The lowest BCUT2D eigenvalue weighted by atomic mass is 10.1. The normalized spacial score (nSPS) is 19.6. The van der Waals surface area contributed by atoms with Crippen molar-refractivity contribution in [1.82, 2.24) is 10.3 Å². The van der Waals surface area contributed by atoms with Gasteiger partial charge in [-0.1, -0.05) is 24.2 Å². The molecule has 1 amide bonds. The van der Waals surface area contributed by atoms with Crippen LogP contribution in [0.5, 0.6) is 0 Å². The molecule has 0 bridgehead atoms. The van der Waals surface area contributed by atoms with Gasteiger partial charge >= 0.3 is 0 Å². The third kappa shape index (κ3) is 3.18. The molecule has 19 heavy (non-hydrogen) atoms. The van der Waals surface area contributed by atoms with E-state index in [4.69, 9.17) is 5.73 Å². The van der Waals surface area contributed by atoms with Gasteiger partial charge in [-0.05, 0) is 31.6 Å². The quantitative estimate of drug-likeness (QED) is 0.772. The highest BCUT2D eigenvalue weighted by atomic mass is 32.1. The summed E-state index contributed by atoms with van der Waals surface area (Å²) in [7, 11) is 0. The second kappa shape index (κ2) is 5.36. The van der Waals surface area contributed by atoms with Crippen LogP contribution in [-0.2, 0) is 0 Å². The van der Waals surface area contributed by atoms with Crippen LogP contribution in [0.25, 0.3) is 0 Å². The second-order valence-electron chi connectivity index (χ2n) is 5.51. The number of rotatable bonds is 5. The highest BCUT2D eigenvalue weighted by Gasteiger charge is 2.24. The van der Waals surface area contributed by atoms with E-state index in [-0.39, 0.29) is 5.91 Å². The summed E-state index contributed by atoms with van der Waals surface area (Å²) in [6, 6.07) is 0.528. The summed E-state index contributed by atoms with van der Waals surface area (Å²) >= 11 is 1.36. The van der Waals surface area contributed by atoms with Crippen LogP contribution in [0.15, 0.2) is 0 Å². The molecule has 6 heteroatoms. The summed E-state index contributed by atoms with van der Waals surface area (Å²) in [5.41, 5.74) is 5.82. The van der Waals surface area contributed by atoms with Crippen LogP contribution in [-0.4, -0.2) is 23.5 Å².